The van der Waals surface area contributed by atoms with Gasteiger partial charge in [0.25, 0.3) is 5.91 Å². The minimum Gasteiger partial charge on any atom is -0.493 e. The number of methoxy groups -OCH3 is 1. The predicted molar refractivity (Wildman–Crippen MR) is 142 cm³/mol. The standard InChI is InChI=1S/C29H28ClN3O3/c1-21-8-10-22(11-9-21)20-36-28-26(30)17-23(18-27(28)35-2)16-24(19-31)29(34)33-14-12-32(13-15-33)25-6-4-3-5-7-25/h3-11,16-18H,12-15,20H2,1-2H3/b24-16-. The van der Waals surface area contributed by atoms with Crippen molar-refractivity contribution in [2.24, 2.45) is 0 Å². The molecule has 0 atom stereocenters. The van der Waals surface area contributed by atoms with Gasteiger partial charge in [-0.05, 0) is 48.4 Å². The van der Waals surface area contributed by atoms with Crippen molar-refractivity contribution in [3.63, 3.8) is 0 Å². The van der Waals surface area contributed by atoms with Crippen LogP contribution < -0.4 is 14.4 Å². The number of carbonyl (C=O) groups excluding carboxylic acids is 1. The molecular weight excluding hydrogens is 474 g/mol. The van der Waals surface area contributed by atoms with E-state index in [9.17, 15) is 10.1 Å². The summed E-state index contributed by atoms with van der Waals surface area (Å²) < 4.78 is 11.4. The number of anilines is 1. The fourth-order valence-corrected chi connectivity index (χ4v) is 4.36. The molecule has 6 nitrogen and oxygen atoms in total. The average molecular weight is 502 g/mol. The molecule has 0 aliphatic carbocycles. The molecule has 1 amide bonds. The van der Waals surface area contributed by atoms with Gasteiger partial charge in [0.2, 0.25) is 0 Å². The average Bonchev–Trinajstić information content (AvgIpc) is 2.92. The molecule has 36 heavy (non-hydrogen) atoms. The molecule has 0 spiro atoms. The van der Waals surface area contributed by atoms with Gasteiger partial charge in [0, 0.05) is 31.9 Å². The summed E-state index contributed by atoms with van der Waals surface area (Å²) in [5, 5.41) is 10.1. The van der Waals surface area contributed by atoms with Crippen LogP contribution in [-0.4, -0.2) is 44.1 Å². The Balaban J connectivity index is 1.46. The Morgan fingerprint density at radius 1 is 1.06 bits per heavy atom. The summed E-state index contributed by atoms with van der Waals surface area (Å²) in [6.45, 7) is 4.87. The minimum absolute atomic E-state index is 0.0506. The number of piperazine rings is 1. The number of benzene rings is 3. The van der Waals surface area contributed by atoms with Crippen LogP contribution in [0.15, 0.2) is 72.3 Å². The van der Waals surface area contributed by atoms with Gasteiger partial charge in [0.05, 0.1) is 12.1 Å². The number of hydrogen-bond donors (Lipinski definition) is 0. The zero-order valence-electron chi connectivity index (χ0n) is 20.4. The number of rotatable bonds is 7. The minimum atomic E-state index is -0.292. The van der Waals surface area contributed by atoms with Crippen molar-refractivity contribution in [3.05, 3.63) is 94.0 Å². The van der Waals surface area contributed by atoms with E-state index in [-0.39, 0.29) is 11.5 Å². The van der Waals surface area contributed by atoms with Gasteiger partial charge in [0.1, 0.15) is 18.2 Å². The highest BCUT2D eigenvalue weighted by Gasteiger charge is 2.24. The fraction of sp³-hybridized carbons (Fsp3) is 0.241. The molecular formula is C29H28ClN3O3. The van der Waals surface area contributed by atoms with Gasteiger partial charge >= 0.3 is 0 Å². The number of aryl methyl sites for hydroxylation is 1. The molecule has 3 aromatic rings. The van der Waals surface area contributed by atoms with Gasteiger partial charge in [0.15, 0.2) is 11.5 Å². The van der Waals surface area contributed by atoms with Gasteiger partial charge in [-0.1, -0.05) is 59.6 Å². The van der Waals surface area contributed by atoms with Gasteiger partial charge in [-0.3, -0.25) is 4.79 Å². The molecule has 7 heteroatoms. The molecule has 1 saturated heterocycles. The molecule has 1 aliphatic heterocycles. The summed E-state index contributed by atoms with van der Waals surface area (Å²) in [6, 6.07) is 23.6. The lowest BCUT2D eigenvalue weighted by atomic mass is 10.1. The Morgan fingerprint density at radius 3 is 2.39 bits per heavy atom. The number of halogens is 1. The number of para-hydroxylation sites is 1. The molecule has 4 rings (SSSR count). The van der Waals surface area contributed by atoms with Crippen molar-refractivity contribution in [1.82, 2.24) is 4.90 Å². The highest BCUT2D eigenvalue weighted by atomic mass is 35.5. The first-order valence-corrected chi connectivity index (χ1v) is 12.1. The molecule has 0 unspecified atom stereocenters. The van der Waals surface area contributed by atoms with Crippen LogP contribution in [0.5, 0.6) is 11.5 Å². The van der Waals surface area contributed by atoms with E-state index in [0.717, 1.165) is 11.3 Å². The maximum atomic E-state index is 13.1. The van der Waals surface area contributed by atoms with E-state index in [1.165, 1.54) is 12.7 Å². The first kappa shape index (κ1) is 25.2. The topological polar surface area (TPSA) is 65.8 Å². The Labute approximate surface area is 216 Å². The zero-order valence-corrected chi connectivity index (χ0v) is 21.2. The summed E-state index contributed by atoms with van der Waals surface area (Å²) in [5.74, 6) is 0.556. The first-order valence-electron chi connectivity index (χ1n) is 11.8. The van der Waals surface area contributed by atoms with Crippen LogP contribution in [0.1, 0.15) is 16.7 Å². The highest BCUT2D eigenvalue weighted by molar-refractivity contribution is 6.32. The number of amides is 1. The summed E-state index contributed by atoms with van der Waals surface area (Å²) >= 11 is 6.52. The third-order valence-corrected chi connectivity index (χ3v) is 6.39. The van der Waals surface area contributed by atoms with Gasteiger partial charge in [-0.2, -0.15) is 5.26 Å². The first-order chi connectivity index (χ1) is 17.5. The van der Waals surface area contributed by atoms with Gasteiger partial charge in [-0.25, -0.2) is 0 Å². The van der Waals surface area contributed by atoms with Crippen molar-refractivity contribution in [2.75, 3.05) is 38.2 Å². The molecule has 1 fully saturated rings. The van der Waals surface area contributed by atoms with Crippen LogP contribution >= 0.6 is 11.6 Å². The van der Waals surface area contributed by atoms with Crippen LogP contribution in [-0.2, 0) is 11.4 Å². The molecule has 0 saturated carbocycles. The second kappa shape index (κ2) is 11.7. The highest BCUT2D eigenvalue weighted by Crippen LogP contribution is 2.37. The monoisotopic (exact) mass is 501 g/mol. The lowest BCUT2D eigenvalue weighted by Crippen LogP contribution is -2.49. The molecule has 0 aromatic heterocycles. The Morgan fingerprint density at radius 2 is 1.75 bits per heavy atom. The molecule has 1 aliphatic rings. The van der Waals surface area contributed by atoms with Crippen LogP contribution in [0.2, 0.25) is 5.02 Å². The summed E-state index contributed by atoms with van der Waals surface area (Å²) in [6.07, 6.45) is 1.55. The van der Waals surface area contributed by atoms with E-state index >= 15 is 0 Å². The number of ether oxygens (including phenoxy) is 2. The van der Waals surface area contributed by atoms with Crippen molar-refractivity contribution >= 4 is 29.3 Å². The lowest BCUT2D eigenvalue weighted by Gasteiger charge is -2.36. The molecule has 0 radical (unpaired) electrons. The number of nitrogens with zero attached hydrogens (tertiary/aromatic N) is 3. The van der Waals surface area contributed by atoms with Crippen molar-refractivity contribution in [2.45, 2.75) is 13.5 Å². The summed E-state index contributed by atoms with van der Waals surface area (Å²) in [5.41, 5.74) is 3.95. The van der Waals surface area contributed by atoms with Gasteiger partial charge in [-0.15, -0.1) is 0 Å². The van der Waals surface area contributed by atoms with Crippen molar-refractivity contribution < 1.29 is 14.3 Å². The van der Waals surface area contributed by atoms with E-state index in [1.807, 2.05) is 49.4 Å². The largest absolute Gasteiger partial charge is 0.493 e. The van der Waals surface area contributed by atoms with Crippen molar-refractivity contribution in [3.8, 4) is 17.6 Å². The SMILES string of the molecule is COc1cc(/C=C(/C#N)C(=O)N2CCN(c3ccccc3)CC2)cc(Cl)c1OCc1ccc(C)cc1. The van der Waals surface area contributed by atoms with E-state index in [2.05, 4.69) is 23.1 Å². The third kappa shape index (κ3) is 5.99. The van der Waals surface area contributed by atoms with E-state index in [0.29, 0.717) is 54.9 Å². The molecule has 0 bridgehead atoms. The Bertz CT molecular complexity index is 1280. The Kier molecular flexibility index (Phi) is 8.14. The van der Waals surface area contributed by atoms with E-state index < -0.39 is 0 Å². The zero-order chi connectivity index (χ0) is 25.5. The predicted octanol–water partition coefficient (Wildman–Crippen LogP) is 5.49. The number of carbonyl (C=O) groups is 1. The summed E-state index contributed by atoms with van der Waals surface area (Å²) in [7, 11) is 1.53. The van der Waals surface area contributed by atoms with Gasteiger partial charge < -0.3 is 19.3 Å². The Hall–Kier alpha value is -3.95. The molecule has 1 heterocycles. The quantitative estimate of drug-likeness (QED) is 0.316. The lowest BCUT2D eigenvalue weighted by molar-refractivity contribution is -0.126. The smallest absolute Gasteiger partial charge is 0.264 e. The molecule has 184 valence electrons. The maximum absolute atomic E-state index is 13.1. The van der Waals surface area contributed by atoms with E-state index in [4.69, 9.17) is 21.1 Å². The van der Waals surface area contributed by atoms with Crippen LogP contribution in [0.4, 0.5) is 5.69 Å². The second-order valence-electron chi connectivity index (χ2n) is 8.59. The van der Waals surface area contributed by atoms with Crippen LogP contribution in [0.25, 0.3) is 6.08 Å². The molecule has 3 aromatic carbocycles. The molecule has 0 N–H and O–H groups in total. The van der Waals surface area contributed by atoms with Crippen LogP contribution in [0.3, 0.4) is 0 Å². The third-order valence-electron chi connectivity index (χ3n) is 6.11. The normalized spacial score (nSPS) is 13.8. The van der Waals surface area contributed by atoms with Crippen LogP contribution in [0, 0.1) is 18.3 Å². The summed E-state index contributed by atoms with van der Waals surface area (Å²) in [4.78, 5) is 17.0. The fourth-order valence-electron chi connectivity index (χ4n) is 4.09. The number of hydrogen-bond acceptors (Lipinski definition) is 5. The van der Waals surface area contributed by atoms with Crippen molar-refractivity contribution in [1.29, 1.82) is 5.26 Å². The second-order valence-corrected chi connectivity index (χ2v) is 9.00. The maximum Gasteiger partial charge on any atom is 0.264 e. The van der Waals surface area contributed by atoms with E-state index in [1.54, 1.807) is 23.1 Å². The number of nitriles is 1.